The van der Waals surface area contributed by atoms with Crippen LogP contribution in [-0.2, 0) is 6.42 Å². The lowest BCUT2D eigenvalue weighted by Gasteiger charge is -2.01. The van der Waals surface area contributed by atoms with Crippen molar-refractivity contribution in [2.75, 3.05) is 5.33 Å². The molecule has 0 aromatic heterocycles. The van der Waals surface area contributed by atoms with E-state index in [2.05, 4.69) is 15.9 Å². The first kappa shape index (κ1) is 11.0. The highest BCUT2D eigenvalue weighted by atomic mass is 79.9. The summed E-state index contributed by atoms with van der Waals surface area (Å²) >= 11 is 3.25. The van der Waals surface area contributed by atoms with Crippen LogP contribution in [0, 0.1) is 10.1 Å². The maximum atomic E-state index is 10.6. The van der Waals surface area contributed by atoms with E-state index in [4.69, 9.17) is 0 Å². The molecule has 0 radical (unpaired) electrons. The molecule has 0 amide bonds. The fraction of sp³-hybridized carbons (Fsp3) is 0.333. The number of nitro groups is 1. The van der Waals surface area contributed by atoms with Crippen LogP contribution in [0.1, 0.15) is 12.0 Å². The van der Waals surface area contributed by atoms with Crippen molar-refractivity contribution in [1.82, 2.24) is 0 Å². The summed E-state index contributed by atoms with van der Waals surface area (Å²) in [6.45, 7) is 0. The van der Waals surface area contributed by atoms with Crippen molar-refractivity contribution in [2.45, 2.75) is 12.8 Å². The van der Waals surface area contributed by atoms with Gasteiger partial charge in [0.15, 0.2) is 0 Å². The SMILES string of the molecule is O=[N+]([O-])c1ccc(O)cc1CCCBr. The minimum Gasteiger partial charge on any atom is -0.508 e. The van der Waals surface area contributed by atoms with Gasteiger partial charge in [-0.1, -0.05) is 15.9 Å². The summed E-state index contributed by atoms with van der Waals surface area (Å²) < 4.78 is 0. The molecular formula is C9H10BrNO3. The molecule has 0 bridgehead atoms. The molecule has 0 heterocycles. The number of rotatable bonds is 4. The molecule has 0 fully saturated rings. The van der Waals surface area contributed by atoms with Crippen molar-refractivity contribution in [2.24, 2.45) is 0 Å². The molecule has 1 N–H and O–H groups in total. The molecule has 76 valence electrons. The standard InChI is InChI=1S/C9H10BrNO3/c10-5-1-2-7-6-8(12)3-4-9(7)11(13)14/h3-4,6,12H,1-2,5H2. The first-order valence-corrected chi connectivity index (χ1v) is 5.29. The molecule has 0 saturated carbocycles. The van der Waals surface area contributed by atoms with Crippen LogP contribution >= 0.6 is 15.9 Å². The summed E-state index contributed by atoms with van der Waals surface area (Å²) in [4.78, 5) is 10.2. The van der Waals surface area contributed by atoms with Gasteiger partial charge in [-0.05, 0) is 25.0 Å². The zero-order valence-corrected chi connectivity index (χ0v) is 9.03. The maximum absolute atomic E-state index is 10.6. The Hall–Kier alpha value is -1.10. The fourth-order valence-corrected chi connectivity index (χ4v) is 1.49. The molecule has 0 aliphatic carbocycles. The van der Waals surface area contributed by atoms with Crippen LogP contribution in [0.15, 0.2) is 18.2 Å². The lowest BCUT2D eigenvalue weighted by molar-refractivity contribution is -0.385. The van der Waals surface area contributed by atoms with Crippen molar-refractivity contribution in [3.05, 3.63) is 33.9 Å². The van der Waals surface area contributed by atoms with Gasteiger partial charge >= 0.3 is 0 Å². The van der Waals surface area contributed by atoms with Gasteiger partial charge in [-0.15, -0.1) is 0 Å². The minimum atomic E-state index is -0.428. The van der Waals surface area contributed by atoms with Crippen molar-refractivity contribution in [3.63, 3.8) is 0 Å². The van der Waals surface area contributed by atoms with Gasteiger partial charge in [0.05, 0.1) is 4.92 Å². The number of phenolic OH excluding ortho intramolecular Hbond substituents is 1. The predicted molar refractivity (Wildman–Crippen MR) is 56.9 cm³/mol. The molecule has 1 aromatic carbocycles. The zero-order chi connectivity index (χ0) is 10.6. The van der Waals surface area contributed by atoms with Crippen molar-refractivity contribution in [3.8, 4) is 5.75 Å². The van der Waals surface area contributed by atoms with Crippen LogP contribution in [0.25, 0.3) is 0 Å². The Bertz CT molecular complexity index is 341. The number of benzene rings is 1. The third-order valence-electron chi connectivity index (χ3n) is 1.84. The highest BCUT2D eigenvalue weighted by Gasteiger charge is 2.13. The van der Waals surface area contributed by atoms with E-state index >= 15 is 0 Å². The molecule has 0 aliphatic heterocycles. The van der Waals surface area contributed by atoms with Crippen LogP contribution in [0.3, 0.4) is 0 Å². The largest absolute Gasteiger partial charge is 0.508 e. The Kier molecular flexibility index (Phi) is 3.88. The number of nitrogens with zero attached hydrogens (tertiary/aromatic N) is 1. The molecule has 0 spiro atoms. The number of hydrogen-bond acceptors (Lipinski definition) is 3. The first-order valence-electron chi connectivity index (χ1n) is 4.17. The molecule has 0 atom stereocenters. The molecular weight excluding hydrogens is 250 g/mol. The Morgan fingerprint density at radius 2 is 2.21 bits per heavy atom. The van der Waals surface area contributed by atoms with Gasteiger partial charge in [-0.2, -0.15) is 0 Å². The fourth-order valence-electron chi connectivity index (χ4n) is 1.21. The van der Waals surface area contributed by atoms with E-state index in [1.165, 1.54) is 18.2 Å². The molecule has 1 rings (SSSR count). The molecule has 4 nitrogen and oxygen atoms in total. The Morgan fingerprint density at radius 1 is 1.50 bits per heavy atom. The van der Waals surface area contributed by atoms with Gasteiger partial charge in [0.2, 0.25) is 0 Å². The summed E-state index contributed by atoms with van der Waals surface area (Å²) in [5.74, 6) is 0.0696. The second-order valence-electron chi connectivity index (χ2n) is 2.86. The van der Waals surface area contributed by atoms with Gasteiger partial charge in [-0.25, -0.2) is 0 Å². The summed E-state index contributed by atoms with van der Waals surface area (Å²) in [5, 5.41) is 20.6. The number of nitro benzene ring substituents is 1. The second kappa shape index (κ2) is 4.95. The summed E-state index contributed by atoms with van der Waals surface area (Å²) in [7, 11) is 0. The summed E-state index contributed by atoms with van der Waals surface area (Å²) in [6.07, 6.45) is 1.40. The van der Waals surface area contributed by atoms with E-state index in [1.807, 2.05) is 0 Å². The van der Waals surface area contributed by atoms with Crippen LogP contribution in [0.4, 0.5) is 5.69 Å². The third-order valence-corrected chi connectivity index (χ3v) is 2.40. The molecule has 14 heavy (non-hydrogen) atoms. The average Bonchev–Trinajstić information content (AvgIpc) is 2.14. The summed E-state index contributed by atoms with van der Waals surface area (Å²) in [5.41, 5.74) is 0.651. The molecule has 1 aromatic rings. The molecule has 5 heteroatoms. The van der Waals surface area contributed by atoms with Crippen LogP contribution in [0.2, 0.25) is 0 Å². The Labute approximate surface area is 89.8 Å². The van der Waals surface area contributed by atoms with Crippen LogP contribution in [0.5, 0.6) is 5.75 Å². The maximum Gasteiger partial charge on any atom is 0.272 e. The van der Waals surface area contributed by atoms with Gasteiger partial charge in [0.1, 0.15) is 5.75 Å². The topological polar surface area (TPSA) is 63.4 Å². The minimum absolute atomic E-state index is 0.0696. The van der Waals surface area contributed by atoms with Gasteiger partial charge < -0.3 is 5.11 Å². The van der Waals surface area contributed by atoms with Crippen molar-refractivity contribution >= 4 is 21.6 Å². The first-order chi connectivity index (χ1) is 6.65. The lowest BCUT2D eigenvalue weighted by atomic mass is 10.1. The summed E-state index contributed by atoms with van der Waals surface area (Å²) in [6, 6.07) is 4.11. The van der Waals surface area contributed by atoms with E-state index in [-0.39, 0.29) is 11.4 Å². The van der Waals surface area contributed by atoms with E-state index in [1.54, 1.807) is 0 Å². The monoisotopic (exact) mass is 259 g/mol. The zero-order valence-electron chi connectivity index (χ0n) is 7.44. The number of alkyl halides is 1. The normalized spacial score (nSPS) is 10.1. The van der Waals surface area contributed by atoms with E-state index in [0.29, 0.717) is 12.0 Å². The number of aryl methyl sites for hydroxylation is 1. The van der Waals surface area contributed by atoms with E-state index in [0.717, 1.165) is 11.8 Å². The third kappa shape index (κ3) is 2.70. The Balaban J connectivity index is 2.97. The quantitative estimate of drug-likeness (QED) is 0.514. The smallest absolute Gasteiger partial charge is 0.272 e. The number of aromatic hydroxyl groups is 1. The van der Waals surface area contributed by atoms with Gasteiger partial charge in [0.25, 0.3) is 5.69 Å². The highest BCUT2D eigenvalue weighted by molar-refractivity contribution is 9.09. The van der Waals surface area contributed by atoms with E-state index in [9.17, 15) is 15.2 Å². The second-order valence-corrected chi connectivity index (χ2v) is 3.66. The average molecular weight is 260 g/mol. The van der Waals surface area contributed by atoms with E-state index < -0.39 is 4.92 Å². The van der Waals surface area contributed by atoms with Crippen molar-refractivity contribution in [1.29, 1.82) is 0 Å². The van der Waals surface area contributed by atoms with Crippen LogP contribution < -0.4 is 0 Å². The number of hydrogen-bond donors (Lipinski definition) is 1. The van der Waals surface area contributed by atoms with Gasteiger partial charge in [0, 0.05) is 17.0 Å². The van der Waals surface area contributed by atoms with Gasteiger partial charge in [-0.3, -0.25) is 10.1 Å². The van der Waals surface area contributed by atoms with Crippen LogP contribution in [-0.4, -0.2) is 15.4 Å². The number of halogens is 1. The molecule has 0 aliphatic rings. The molecule has 0 saturated heterocycles. The van der Waals surface area contributed by atoms with Crippen molar-refractivity contribution < 1.29 is 10.0 Å². The highest BCUT2D eigenvalue weighted by Crippen LogP contribution is 2.24. The molecule has 0 unspecified atom stereocenters. The Morgan fingerprint density at radius 3 is 2.79 bits per heavy atom. The predicted octanol–water partition coefficient (Wildman–Crippen LogP) is 2.63. The lowest BCUT2D eigenvalue weighted by Crippen LogP contribution is -1.95. The number of phenols is 1.